The average molecular weight is 605 g/mol. The maximum atomic E-state index is 13.7. The van der Waals surface area contributed by atoms with Crippen LogP contribution in [-0.4, -0.2) is 78.0 Å². The number of anilines is 2. The Morgan fingerprint density at radius 3 is 2.34 bits per heavy atom. The fourth-order valence-electron chi connectivity index (χ4n) is 6.02. The van der Waals surface area contributed by atoms with E-state index in [9.17, 15) is 27.6 Å². The fourth-order valence-corrected chi connectivity index (χ4v) is 6.02. The summed E-state index contributed by atoms with van der Waals surface area (Å²) < 4.78 is 41.1. The summed E-state index contributed by atoms with van der Waals surface area (Å²) in [6.07, 6.45) is -4.53. The Morgan fingerprint density at radius 1 is 0.909 bits per heavy atom. The highest BCUT2D eigenvalue weighted by Crippen LogP contribution is 2.31. The largest absolute Gasteiger partial charge is 0.406 e. The number of piperidine rings is 1. The Balaban J connectivity index is 1.20. The van der Waals surface area contributed by atoms with E-state index in [4.69, 9.17) is 0 Å². The normalized spacial score (nSPS) is 19.3. The van der Waals surface area contributed by atoms with Crippen LogP contribution in [0.3, 0.4) is 0 Å². The van der Waals surface area contributed by atoms with Gasteiger partial charge in [-0.25, -0.2) is 14.6 Å². The maximum absolute atomic E-state index is 13.7. The predicted octanol–water partition coefficient (Wildman–Crippen LogP) is 5.02. The van der Waals surface area contributed by atoms with Crippen molar-refractivity contribution in [2.45, 2.75) is 37.6 Å². The van der Waals surface area contributed by atoms with Crippen molar-refractivity contribution in [1.29, 1.82) is 0 Å². The summed E-state index contributed by atoms with van der Waals surface area (Å²) >= 11 is 0. The first-order valence-corrected chi connectivity index (χ1v) is 14.5. The van der Waals surface area contributed by atoms with Gasteiger partial charge >= 0.3 is 18.2 Å². The first kappa shape index (κ1) is 29.2. The molecule has 2 N–H and O–H groups in total. The molecule has 5 amide bonds. The summed E-state index contributed by atoms with van der Waals surface area (Å²) in [5.41, 5.74) is 3.17. The number of para-hydroxylation sites is 2. The van der Waals surface area contributed by atoms with Gasteiger partial charge in [0.1, 0.15) is 6.54 Å². The number of alkyl halides is 3. The van der Waals surface area contributed by atoms with Crippen LogP contribution < -0.4 is 15.5 Å². The molecule has 6 rings (SSSR count). The number of carbonyl (C=O) groups is 3. The van der Waals surface area contributed by atoms with Crippen molar-refractivity contribution >= 4 is 35.1 Å². The first-order chi connectivity index (χ1) is 21.2. The summed E-state index contributed by atoms with van der Waals surface area (Å²) in [6.45, 7) is -0.380. The van der Waals surface area contributed by atoms with Crippen LogP contribution in [0.25, 0.3) is 0 Å². The number of nitrogens with one attached hydrogen (secondary N) is 2. The molecular weight excluding hydrogens is 573 g/mol. The van der Waals surface area contributed by atoms with Gasteiger partial charge in [0, 0.05) is 42.5 Å². The fraction of sp³-hybridized carbons (Fsp3) is 0.312. The zero-order valence-corrected chi connectivity index (χ0v) is 23.8. The molecule has 0 radical (unpaired) electrons. The first-order valence-electron chi connectivity index (χ1n) is 14.5. The molecule has 228 valence electrons. The smallest absolute Gasteiger partial charge is 0.325 e. The van der Waals surface area contributed by atoms with Crippen molar-refractivity contribution in [3.05, 3.63) is 95.6 Å². The molecule has 0 unspecified atom stereocenters. The third-order valence-corrected chi connectivity index (χ3v) is 8.19. The van der Waals surface area contributed by atoms with Gasteiger partial charge in [0.15, 0.2) is 0 Å². The molecule has 3 aromatic rings. The lowest BCUT2D eigenvalue weighted by Gasteiger charge is -2.38. The lowest BCUT2D eigenvalue weighted by Crippen LogP contribution is -2.55. The molecule has 1 atom stereocenters. The summed E-state index contributed by atoms with van der Waals surface area (Å²) in [5, 5.41) is 5.57. The van der Waals surface area contributed by atoms with Crippen molar-refractivity contribution < 1.29 is 27.6 Å². The second-order valence-electron chi connectivity index (χ2n) is 11.0. The van der Waals surface area contributed by atoms with Gasteiger partial charge in [0.05, 0.1) is 11.4 Å². The van der Waals surface area contributed by atoms with E-state index < -0.39 is 30.8 Å². The quantitative estimate of drug-likeness (QED) is 0.438. The third-order valence-electron chi connectivity index (χ3n) is 8.19. The maximum Gasteiger partial charge on any atom is 0.406 e. The second kappa shape index (κ2) is 12.0. The minimum Gasteiger partial charge on any atom is -0.325 e. The number of nitrogens with zero attached hydrogens (tertiary/aromatic N) is 4. The number of benzodiazepines with no additional fused rings is 1. The van der Waals surface area contributed by atoms with E-state index >= 15 is 0 Å². The Hall–Kier alpha value is -4.87. The number of amides is 5. The Morgan fingerprint density at radius 2 is 1.59 bits per heavy atom. The molecule has 0 bridgehead atoms. The van der Waals surface area contributed by atoms with Crippen LogP contribution in [0.2, 0.25) is 0 Å². The van der Waals surface area contributed by atoms with E-state index in [2.05, 4.69) is 15.6 Å². The number of halogens is 3. The number of hydrogen-bond acceptors (Lipinski definition) is 4. The van der Waals surface area contributed by atoms with Crippen LogP contribution in [0.1, 0.15) is 29.5 Å². The molecule has 12 heteroatoms. The van der Waals surface area contributed by atoms with Crippen LogP contribution in [-0.2, 0) is 11.2 Å². The Bertz CT molecular complexity index is 1590. The molecule has 0 aliphatic carbocycles. The van der Waals surface area contributed by atoms with Crippen LogP contribution in [0.5, 0.6) is 0 Å². The minimum absolute atomic E-state index is 0.0628. The topological polar surface area (TPSA) is 97.3 Å². The van der Waals surface area contributed by atoms with E-state index in [1.807, 2.05) is 24.3 Å². The SMILES string of the molecule is O=C(N[C@@H]1N=C(c2ccccc2)c2ccccc2N(CC(F)(F)F)C1=O)N1CCC(N2CCc3ccccc3NC2=O)CC1. The molecule has 1 saturated heterocycles. The van der Waals surface area contributed by atoms with Gasteiger partial charge < -0.3 is 20.4 Å². The molecule has 9 nitrogen and oxygen atoms in total. The summed E-state index contributed by atoms with van der Waals surface area (Å²) in [6, 6.07) is 21.9. The van der Waals surface area contributed by atoms with Gasteiger partial charge in [-0.15, -0.1) is 0 Å². The van der Waals surface area contributed by atoms with E-state index in [1.165, 1.54) is 11.0 Å². The van der Waals surface area contributed by atoms with Crippen molar-refractivity contribution in [3.63, 3.8) is 0 Å². The van der Waals surface area contributed by atoms with Gasteiger partial charge in [-0.2, -0.15) is 13.2 Å². The molecule has 0 spiro atoms. The highest BCUT2D eigenvalue weighted by Gasteiger charge is 2.40. The zero-order valence-electron chi connectivity index (χ0n) is 23.8. The number of benzene rings is 3. The average Bonchev–Trinajstić information content (AvgIpc) is 3.25. The van der Waals surface area contributed by atoms with Crippen LogP contribution >= 0.6 is 0 Å². The van der Waals surface area contributed by atoms with Gasteiger partial charge in [-0.05, 0) is 37.0 Å². The molecule has 3 aliphatic heterocycles. The standard InChI is InChI=1S/C32H31F3N6O3/c33-32(34,35)20-41-26-13-7-5-11-24(26)27(22-9-2-1-3-10-22)37-28(29(41)42)38-30(43)39-17-15-23(16-18-39)40-19-14-21-8-4-6-12-25(21)36-31(40)44/h1-13,23,28H,14-20H2,(H,36,44)(H,38,43)/t28-/m0/s1. The van der Waals surface area contributed by atoms with Gasteiger partial charge in [-0.1, -0.05) is 66.7 Å². The molecule has 1 fully saturated rings. The Labute approximate surface area is 252 Å². The molecule has 44 heavy (non-hydrogen) atoms. The monoisotopic (exact) mass is 604 g/mol. The van der Waals surface area contributed by atoms with Crippen molar-refractivity contribution in [2.24, 2.45) is 4.99 Å². The lowest BCUT2D eigenvalue weighted by atomic mass is 10.0. The van der Waals surface area contributed by atoms with Gasteiger partial charge in [0.2, 0.25) is 6.17 Å². The zero-order chi connectivity index (χ0) is 30.8. The van der Waals surface area contributed by atoms with Crippen molar-refractivity contribution in [2.75, 3.05) is 36.4 Å². The molecule has 3 heterocycles. The van der Waals surface area contributed by atoms with E-state index in [0.717, 1.165) is 11.3 Å². The number of hydrogen-bond donors (Lipinski definition) is 2. The molecule has 0 saturated carbocycles. The lowest BCUT2D eigenvalue weighted by molar-refractivity contribution is -0.133. The van der Waals surface area contributed by atoms with Gasteiger partial charge in [0.25, 0.3) is 5.91 Å². The second-order valence-corrected chi connectivity index (χ2v) is 11.0. The highest BCUT2D eigenvalue weighted by molar-refractivity contribution is 6.20. The van der Waals surface area contributed by atoms with Crippen LogP contribution in [0, 0.1) is 0 Å². The number of carbonyl (C=O) groups excluding carboxylic acids is 3. The molecule has 3 aromatic carbocycles. The summed E-state index contributed by atoms with van der Waals surface area (Å²) in [7, 11) is 0. The predicted molar refractivity (Wildman–Crippen MR) is 160 cm³/mol. The molecule has 3 aliphatic rings. The number of aliphatic imine (C=N–C) groups is 1. The minimum atomic E-state index is -4.68. The third kappa shape index (κ3) is 6.10. The van der Waals surface area contributed by atoms with E-state index in [0.29, 0.717) is 60.6 Å². The number of urea groups is 2. The van der Waals surface area contributed by atoms with Crippen molar-refractivity contribution in [3.8, 4) is 0 Å². The number of rotatable bonds is 4. The van der Waals surface area contributed by atoms with Crippen LogP contribution in [0.15, 0.2) is 83.9 Å². The summed E-state index contributed by atoms with van der Waals surface area (Å²) in [4.78, 5) is 48.6. The van der Waals surface area contributed by atoms with Crippen molar-refractivity contribution in [1.82, 2.24) is 15.1 Å². The number of fused-ring (bicyclic) bond motifs is 2. The molecule has 0 aromatic heterocycles. The summed E-state index contributed by atoms with van der Waals surface area (Å²) in [5.74, 6) is -0.982. The van der Waals surface area contributed by atoms with E-state index in [-0.39, 0.29) is 17.8 Å². The number of likely N-dealkylation sites (tertiary alicyclic amines) is 1. The Kier molecular flexibility index (Phi) is 7.98. The highest BCUT2D eigenvalue weighted by atomic mass is 19.4. The van der Waals surface area contributed by atoms with Crippen LogP contribution in [0.4, 0.5) is 34.1 Å². The van der Waals surface area contributed by atoms with Gasteiger partial charge in [-0.3, -0.25) is 9.69 Å². The van der Waals surface area contributed by atoms with E-state index in [1.54, 1.807) is 53.4 Å². The molecular formula is C32H31F3N6O3.